The van der Waals surface area contributed by atoms with Crippen molar-refractivity contribution >= 4 is 28.8 Å². The SMILES string of the molecule is O=C(CC(c1cccc(C(F)(F)F)c1)c1cnc2ccccn12)N1CCN(c2ccccc2Cl)CC1. The third-order valence-electron chi connectivity index (χ3n) is 6.62. The Morgan fingerprint density at radius 3 is 2.47 bits per heavy atom. The number of pyridine rings is 1. The maximum absolute atomic E-state index is 13.5. The van der Waals surface area contributed by atoms with E-state index in [2.05, 4.69) is 9.88 Å². The number of carbonyl (C=O) groups excluding carboxylic acids is 1. The van der Waals surface area contributed by atoms with Crippen LogP contribution in [0.4, 0.5) is 18.9 Å². The lowest BCUT2D eigenvalue weighted by Gasteiger charge is -2.37. The van der Waals surface area contributed by atoms with Crippen molar-refractivity contribution in [3.8, 4) is 0 Å². The first-order valence-corrected chi connectivity index (χ1v) is 12.1. The molecule has 3 heterocycles. The molecule has 1 amide bonds. The van der Waals surface area contributed by atoms with Gasteiger partial charge in [0, 0.05) is 50.9 Å². The molecule has 5 nitrogen and oxygen atoms in total. The number of nitrogens with zero attached hydrogens (tertiary/aromatic N) is 4. The number of imidazole rings is 1. The second-order valence-corrected chi connectivity index (χ2v) is 9.22. The van der Waals surface area contributed by atoms with Crippen LogP contribution in [0.1, 0.15) is 29.2 Å². The molecule has 1 aliphatic heterocycles. The lowest BCUT2D eigenvalue weighted by molar-refractivity contribution is -0.137. The fourth-order valence-corrected chi connectivity index (χ4v) is 5.00. The van der Waals surface area contributed by atoms with E-state index in [1.54, 1.807) is 17.2 Å². The van der Waals surface area contributed by atoms with Gasteiger partial charge in [-0.3, -0.25) is 4.79 Å². The number of alkyl halides is 3. The summed E-state index contributed by atoms with van der Waals surface area (Å²) in [5, 5.41) is 0.662. The van der Waals surface area contributed by atoms with Gasteiger partial charge < -0.3 is 14.2 Å². The highest BCUT2D eigenvalue weighted by Gasteiger charge is 2.33. The van der Waals surface area contributed by atoms with Gasteiger partial charge in [-0.2, -0.15) is 13.2 Å². The fraction of sp³-hybridized carbons (Fsp3) is 0.259. The van der Waals surface area contributed by atoms with Gasteiger partial charge in [-0.05, 0) is 35.9 Å². The number of benzene rings is 2. The number of hydrogen-bond donors (Lipinski definition) is 0. The largest absolute Gasteiger partial charge is 0.416 e. The van der Waals surface area contributed by atoms with Crippen LogP contribution < -0.4 is 4.90 Å². The summed E-state index contributed by atoms with van der Waals surface area (Å²) in [6, 6.07) is 18.3. The Kier molecular flexibility index (Phi) is 6.62. The molecule has 1 fully saturated rings. The van der Waals surface area contributed by atoms with Crippen LogP contribution in [0.25, 0.3) is 5.65 Å². The van der Waals surface area contributed by atoms with Crippen LogP contribution in [0.2, 0.25) is 5.02 Å². The Morgan fingerprint density at radius 1 is 0.972 bits per heavy atom. The highest BCUT2D eigenvalue weighted by molar-refractivity contribution is 6.33. The van der Waals surface area contributed by atoms with Gasteiger partial charge in [-0.1, -0.05) is 48.0 Å². The number of carbonyl (C=O) groups is 1. The number of para-hydroxylation sites is 1. The number of halogens is 4. The predicted molar refractivity (Wildman–Crippen MR) is 133 cm³/mol. The Hall–Kier alpha value is -3.52. The molecule has 1 aliphatic rings. The van der Waals surface area contributed by atoms with Crippen molar-refractivity contribution in [3.63, 3.8) is 0 Å². The minimum Gasteiger partial charge on any atom is -0.367 e. The lowest BCUT2D eigenvalue weighted by Crippen LogP contribution is -2.49. The number of fused-ring (bicyclic) bond motifs is 1. The number of hydrogen-bond acceptors (Lipinski definition) is 3. The molecular weight excluding hydrogens is 489 g/mol. The molecule has 0 saturated carbocycles. The molecule has 0 radical (unpaired) electrons. The van der Waals surface area contributed by atoms with Crippen molar-refractivity contribution in [2.75, 3.05) is 31.1 Å². The summed E-state index contributed by atoms with van der Waals surface area (Å²) >= 11 is 6.33. The summed E-state index contributed by atoms with van der Waals surface area (Å²) in [7, 11) is 0. The first-order chi connectivity index (χ1) is 17.3. The van der Waals surface area contributed by atoms with E-state index in [9.17, 15) is 18.0 Å². The van der Waals surface area contributed by atoms with E-state index < -0.39 is 17.7 Å². The smallest absolute Gasteiger partial charge is 0.367 e. The molecule has 2 aromatic heterocycles. The van der Waals surface area contributed by atoms with Crippen molar-refractivity contribution in [2.24, 2.45) is 0 Å². The van der Waals surface area contributed by atoms with E-state index in [1.807, 2.05) is 53.1 Å². The highest BCUT2D eigenvalue weighted by Crippen LogP contribution is 2.35. The van der Waals surface area contributed by atoms with E-state index in [0.29, 0.717) is 48.1 Å². The molecule has 0 N–H and O–H groups in total. The van der Waals surface area contributed by atoms with Crippen molar-refractivity contribution in [1.29, 1.82) is 0 Å². The molecule has 0 spiro atoms. The van der Waals surface area contributed by atoms with E-state index >= 15 is 0 Å². The summed E-state index contributed by atoms with van der Waals surface area (Å²) in [5.41, 5.74) is 1.97. The van der Waals surface area contributed by atoms with Gasteiger partial charge in [-0.25, -0.2) is 4.98 Å². The van der Waals surface area contributed by atoms with Crippen LogP contribution in [-0.2, 0) is 11.0 Å². The molecule has 1 atom stereocenters. The Bertz CT molecular complexity index is 1380. The zero-order valence-corrected chi connectivity index (χ0v) is 20.1. The van der Waals surface area contributed by atoms with Crippen LogP contribution in [0.5, 0.6) is 0 Å². The normalized spacial score (nSPS) is 15.3. The molecule has 1 unspecified atom stereocenters. The third kappa shape index (κ3) is 4.91. The summed E-state index contributed by atoms with van der Waals surface area (Å²) in [4.78, 5) is 21.8. The van der Waals surface area contributed by atoms with Gasteiger partial charge in [0.1, 0.15) is 5.65 Å². The molecule has 2 aromatic carbocycles. The quantitative estimate of drug-likeness (QED) is 0.335. The average Bonchev–Trinajstić information content (AvgIpc) is 3.31. The zero-order chi connectivity index (χ0) is 25.3. The van der Waals surface area contributed by atoms with E-state index in [0.717, 1.165) is 17.8 Å². The molecule has 4 aromatic rings. The number of piperazine rings is 1. The van der Waals surface area contributed by atoms with Gasteiger partial charge in [-0.15, -0.1) is 0 Å². The van der Waals surface area contributed by atoms with Crippen molar-refractivity contribution in [3.05, 3.63) is 101 Å². The molecular formula is C27H24ClF3N4O. The standard InChI is InChI=1S/C27H24ClF3N4O/c28-22-8-1-2-9-23(22)33-12-14-34(15-13-33)26(36)17-21(19-6-5-7-20(16-19)27(29,30)31)24-18-32-25-10-3-4-11-35(24)25/h1-11,16,18,21H,12-15,17H2. The second-order valence-electron chi connectivity index (χ2n) is 8.81. The molecule has 0 aliphatic carbocycles. The van der Waals surface area contributed by atoms with Crippen LogP contribution in [0.15, 0.2) is 79.1 Å². The molecule has 5 rings (SSSR count). The van der Waals surface area contributed by atoms with Gasteiger partial charge >= 0.3 is 6.18 Å². The molecule has 36 heavy (non-hydrogen) atoms. The van der Waals surface area contributed by atoms with E-state index in [-0.39, 0.29) is 12.3 Å². The Morgan fingerprint density at radius 2 is 1.72 bits per heavy atom. The highest BCUT2D eigenvalue weighted by atomic mass is 35.5. The zero-order valence-electron chi connectivity index (χ0n) is 19.3. The average molecular weight is 513 g/mol. The maximum atomic E-state index is 13.5. The topological polar surface area (TPSA) is 40.9 Å². The lowest BCUT2D eigenvalue weighted by atomic mass is 9.90. The number of amides is 1. The predicted octanol–water partition coefficient (Wildman–Crippen LogP) is 5.88. The Labute approximate surface area is 211 Å². The minimum absolute atomic E-state index is 0.0378. The number of rotatable bonds is 5. The van der Waals surface area contributed by atoms with E-state index in [4.69, 9.17) is 11.6 Å². The summed E-state index contributed by atoms with van der Waals surface area (Å²) in [6.45, 7) is 2.26. The molecule has 0 bridgehead atoms. The number of aromatic nitrogens is 2. The van der Waals surface area contributed by atoms with Crippen LogP contribution in [-0.4, -0.2) is 46.4 Å². The molecule has 1 saturated heterocycles. The summed E-state index contributed by atoms with van der Waals surface area (Å²) < 4.78 is 42.3. The number of anilines is 1. The summed E-state index contributed by atoms with van der Waals surface area (Å²) in [5.74, 6) is -0.694. The van der Waals surface area contributed by atoms with Crippen molar-refractivity contribution in [2.45, 2.75) is 18.5 Å². The molecule has 186 valence electrons. The first-order valence-electron chi connectivity index (χ1n) is 11.7. The van der Waals surface area contributed by atoms with Gasteiger partial charge in [0.15, 0.2) is 0 Å². The summed E-state index contributed by atoms with van der Waals surface area (Å²) in [6.07, 6.45) is -0.983. The second kappa shape index (κ2) is 9.85. The fourth-order valence-electron chi connectivity index (χ4n) is 4.74. The van der Waals surface area contributed by atoms with Crippen LogP contribution in [0, 0.1) is 0 Å². The Balaban J connectivity index is 1.40. The van der Waals surface area contributed by atoms with Gasteiger partial charge in [0.05, 0.1) is 22.0 Å². The van der Waals surface area contributed by atoms with Gasteiger partial charge in [0.2, 0.25) is 5.91 Å². The van der Waals surface area contributed by atoms with Crippen LogP contribution in [0.3, 0.4) is 0 Å². The van der Waals surface area contributed by atoms with Crippen molar-refractivity contribution in [1.82, 2.24) is 14.3 Å². The minimum atomic E-state index is -4.47. The first kappa shape index (κ1) is 24.2. The van der Waals surface area contributed by atoms with Crippen molar-refractivity contribution < 1.29 is 18.0 Å². The monoisotopic (exact) mass is 512 g/mol. The third-order valence-corrected chi connectivity index (χ3v) is 6.94. The maximum Gasteiger partial charge on any atom is 0.416 e. The molecule has 9 heteroatoms. The van der Waals surface area contributed by atoms with Crippen LogP contribution >= 0.6 is 11.6 Å². The van der Waals surface area contributed by atoms with Gasteiger partial charge in [0.25, 0.3) is 0 Å². The van der Waals surface area contributed by atoms with E-state index in [1.165, 1.54) is 6.07 Å².